The summed E-state index contributed by atoms with van der Waals surface area (Å²) >= 11 is 6.27. The first kappa shape index (κ1) is 16.7. The molecule has 4 heteroatoms. The molecule has 26 heavy (non-hydrogen) atoms. The summed E-state index contributed by atoms with van der Waals surface area (Å²) in [6, 6.07) is 17.8. The maximum absolute atomic E-state index is 6.27. The van der Waals surface area contributed by atoms with Gasteiger partial charge in [-0.05, 0) is 72.5 Å². The van der Waals surface area contributed by atoms with Crippen LogP contribution in [0.15, 0.2) is 59.0 Å². The van der Waals surface area contributed by atoms with Gasteiger partial charge in [0.1, 0.15) is 11.3 Å². The minimum Gasteiger partial charge on any atom is -0.496 e. The summed E-state index contributed by atoms with van der Waals surface area (Å²) < 4.78 is 11.4. The molecule has 4 rings (SSSR count). The molecular weight excluding hydrogens is 346 g/mol. The van der Waals surface area contributed by atoms with Gasteiger partial charge in [0, 0.05) is 0 Å². The Hall–Kier alpha value is -2.78. The minimum atomic E-state index is 0.532. The summed E-state index contributed by atoms with van der Waals surface area (Å²) in [6.07, 6.45) is 0. The zero-order valence-corrected chi connectivity index (χ0v) is 15.6. The maximum atomic E-state index is 6.27. The van der Waals surface area contributed by atoms with Crippen molar-refractivity contribution in [2.45, 2.75) is 13.8 Å². The van der Waals surface area contributed by atoms with Crippen LogP contribution in [0, 0.1) is 13.8 Å². The van der Waals surface area contributed by atoms with Crippen LogP contribution in [0.4, 0.5) is 0 Å². The summed E-state index contributed by atoms with van der Waals surface area (Å²) in [7, 11) is 1.70. The normalized spacial score (nSPS) is 11.1. The number of rotatable bonds is 3. The highest BCUT2D eigenvalue weighted by atomic mass is 35.5. The Balaban J connectivity index is 1.81. The van der Waals surface area contributed by atoms with E-state index in [0.29, 0.717) is 10.9 Å². The second-order valence-corrected chi connectivity index (χ2v) is 6.73. The number of benzene rings is 3. The van der Waals surface area contributed by atoms with Crippen molar-refractivity contribution >= 4 is 22.7 Å². The number of aromatic nitrogens is 1. The van der Waals surface area contributed by atoms with Crippen LogP contribution in [0.2, 0.25) is 5.02 Å². The number of ether oxygens (including phenoxy) is 1. The number of hydrogen-bond donors (Lipinski definition) is 0. The number of nitrogens with zero attached hydrogens (tertiary/aromatic N) is 1. The van der Waals surface area contributed by atoms with Gasteiger partial charge in [-0.15, -0.1) is 0 Å². The van der Waals surface area contributed by atoms with Crippen LogP contribution in [0.1, 0.15) is 11.1 Å². The Labute approximate surface area is 157 Å². The Kier molecular flexibility index (Phi) is 4.17. The third-order valence-corrected chi connectivity index (χ3v) is 4.82. The zero-order valence-electron chi connectivity index (χ0n) is 14.8. The molecule has 3 nitrogen and oxygen atoms in total. The fourth-order valence-corrected chi connectivity index (χ4v) is 3.51. The molecular formula is C22H18ClNO2. The summed E-state index contributed by atoms with van der Waals surface area (Å²) in [5.41, 5.74) is 6.76. The second-order valence-electron chi connectivity index (χ2n) is 6.32. The molecule has 3 aromatic carbocycles. The van der Waals surface area contributed by atoms with E-state index in [4.69, 9.17) is 20.8 Å². The Morgan fingerprint density at radius 2 is 1.65 bits per heavy atom. The lowest BCUT2D eigenvalue weighted by Gasteiger charge is -2.11. The van der Waals surface area contributed by atoms with Crippen molar-refractivity contribution in [2.24, 2.45) is 0 Å². The SMILES string of the molecule is COc1c(C)cc(-c2ccc3nc(-c4ccccc4Cl)oc3c2)cc1C. The molecule has 0 radical (unpaired) electrons. The molecule has 0 unspecified atom stereocenters. The second kappa shape index (κ2) is 6.50. The molecule has 0 aliphatic heterocycles. The van der Waals surface area contributed by atoms with Crippen molar-refractivity contribution in [3.63, 3.8) is 0 Å². The summed E-state index contributed by atoms with van der Waals surface area (Å²) in [6.45, 7) is 4.11. The van der Waals surface area contributed by atoms with Gasteiger partial charge < -0.3 is 9.15 Å². The van der Waals surface area contributed by atoms with Crippen LogP contribution in [0.3, 0.4) is 0 Å². The first-order valence-corrected chi connectivity index (χ1v) is 8.75. The molecule has 0 bridgehead atoms. The topological polar surface area (TPSA) is 35.3 Å². The monoisotopic (exact) mass is 363 g/mol. The first-order chi connectivity index (χ1) is 12.6. The smallest absolute Gasteiger partial charge is 0.228 e. The van der Waals surface area contributed by atoms with Crippen LogP contribution in [0.5, 0.6) is 5.75 Å². The van der Waals surface area contributed by atoms with Gasteiger partial charge in [-0.3, -0.25) is 0 Å². The van der Waals surface area contributed by atoms with Gasteiger partial charge in [0.2, 0.25) is 5.89 Å². The summed E-state index contributed by atoms with van der Waals surface area (Å²) in [5.74, 6) is 1.46. The maximum Gasteiger partial charge on any atom is 0.228 e. The molecule has 4 aromatic rings. The largest absolute Gasteiger partial charge is 0.496 e. The van der Waals surface area contributed by atoms with Crippen molar-refractivity contribution in [3.8, 4) is 28.3 Å². The molecule has 0 aliphatic carbocycles. The number of aryl methyl sites for hydroxylation is 2. The number of oxazole rings is 1. The van der Waals surface area contributed by atoms with Crippen LogP contribution in [0.25, 0.3) is 33.7 Å². The number of halogens is 1. The molecule has 0 aliphatic rings. The van der Waals surface area contributed by atoms with Gasteiger partial charge in [-0.1, -0.05) is 29.8 Å². The molecule has 0 atom stereocenters. The van der Waals surface area contributed by atoms with E-state index in [2.05, 4.69) is 37.0 Å². The molecule has 0 saturated heterocycles. The van der Waals surface area contributed by atoms with Crippen molar-refractivity contribution in [1.29, 1.82) is 0 Å². The van der Waals surface area contributed by atoms with Gasteiger partial charge >= 0.3 is 0 Å². The standard InChI is InChI=1S/C22H18ClNO2/c1-13-10-16(11-14(2)21(13)25-3)15-8-9-19-20(12-15)26-22(24-19)17-6-4-5-7-18(17)23/h4-12H,1-3H3. The van der Waals surface area contributed by atoms with E-state index >= 15 is 0 Å². The van der Waals surface area contributed by atoms with Gasteiger partial charge in [0.15, 0.2) is 5.58 Å². The highest BCUT2D eigenvalue weighted by Gasteiger charge is 2.13. The summed E-state index contributed by atoms with van der Waals surface area (Å²) in [4.78, 5) is 4.57. The van der Waals surface area contributed by atoms with Gasteiger partial charge in [0.25, 0.3) is 0 Å². The van der Waals surface area contributed by atoms with Gasteiger partial charge in [0.05, 0.1) is 17.7 Å². The average Bonchev–Trinajstić information content (AvgIpc) is 3.04. The predicted molar refractivity (Wildman–Crippen MR) is 106 cm³/mol. The minimum absolute atomic E-state index is 0.532. The molecule has 0 amide bonds. The Bertz CT molecular complexity index is 1090. The van der Waals surface area contributed by atoms with Crippen molar-refractivity contribution < 1.29 is 9.15 Å². The van der Waals surface area contributed by atoms with Crippen LogP contribution >= 0.6 is 11.6 Å². The average molecular weight is 364 g/mol. The molecule has 0 saturated carbocycles. The molecule has 1 heterocycles. The van der Waals surface area contributed by atoms with Gasteiger partial charge in [-0.25, -0.2) is 4.98 Å². The third-order valence-electron chi connectivity index (χ3n) is 4.49. The van der Waals surface area contributed by atoms with Crippen molar-refractivity contribution in [2.75, 3.05) is 7.11 Å². The number of fused-ring (bicyclic) bond motifs is 1. The lowest BCUT2D eigenvalue weighted by atomic mass is 9.99. The highest BCUT2D eigenvalue weighted by Crippen LogP contribution is 2.34. The van der Waals surface area contributed by atoms with E-state index in [1.54, 1.807) is 7.11 Å². The van der Waals surface area contributed by atoms with Crippen molar-refractivity contribution in [1.82, 2.24) is 4.98 Å². The van der Waals surface area contributed by atoms with Gasteiger partial charge in [-0.2, -0.15) is 0 Å². The Morgan fingerprint density at radius 3 is 2.35 bits per heavy atom. The fraction of sp³-hybridized carbons (Fsp3) is 0.136. The molecule has 0 fully saturated rings. The van der Waals surface area contributed by atoms with E-state index in [-0.39, 0.29) is 0 Å². The molecule has 0 N–H and O–H groups in total. The van der Waals surface area contributed by atoms with E-state index in [0.717, 1.165) is 44.7 Å². The first-order valence-electron chi connectivity index (χ1n) is 8.38. The summed E-state index contributed by atoms with van der Waals surface area (Å²) in [5, 5.41) is 0.626. The molecule has 0 spiro atoms. The van der Waals surface area contributed by atoms with E-state index < -0.39 is 0 Å². The van der Waals surface area contributed by atoms with Crippen LogP contribution in [-0.4, -0.2) is 12.1 Å². The highest BCUT2D eigenvalue weighted by molar-refractivity contribution is 6.33. The number of methoxy groups -OCH3 is 1. The third kappa shape index (κ3) is 2.85. The molecule has 1 aromatic heterocycles. The Morgan fingerprint density at radius 1 is 0.923 bits per heavy atom. The lowest BCUT2D eigenvalue weighted by Crippen LogP contribution is -1.92. The van der Waals surface area contributed by atoms with Crippen LogP contribution in [-0.2, 0) is 0 Å². The number of hydrogen-bond acceptors (Lipinski definition) is 3. The van der Waals surface area contributed by atoms with E-state index in [1.807, 2.05) is 36.4 Å². The quantitative estimate of drug-likeness (QED) is 0.420. The fourth-order valence-electron chi connectivity index (χ4n) is 3.29. The predicted octanol–water partition coefficient (Wildman–Crippen LogP) is 6.44. The zero-order chi connectivity index (χ0) is 18.3. The van der Waals surface area contributed by atoms with Crippen molar-refractivity contribution in [3.05, 3.63) is 70.7 Å². The van der Waals surface area contributed by atoms with E-state index in [9.17, 15) is 0 Å². The lowest BCUT2D eigenvalue weighted by molar-refractivity contribution is 0.408. The molecule has 130 valence electrons. The van der Waals surface area contributed by atoms with E-state index in [1.165, 1.54) is 0 Å². The van der Waals surface area contributed by atoms with Crippen LogP contribution < -0.4 is 4.74 Å².